The van der Waals surface area contributed by atoms with Crippen LogP contribution < -0.4 is 20.7 Å². The number of nitrogens with zero attached hydrogens (tertiary/aromatic N) is 5. The molecule has 0 spiro atoms. The highest BCUT2D eigenvalue weighted by molar-refractivity contribution is 6.34. The predicted octanol–water partition coefficient (Wildman–Crippen LogP) is 3.63. The van der Waals surface area contributed by atoms with Gasteiger partial charge in [-0.2, -0.15) is 0 Å². The van der Waals surface area contributed by atoms with Gasteiger partial charge in [0.05, 0.1) is 29.6 Å². The number of imidazole rings is 1. The number of benzene rings is 2. The van der Waals surface area contributed by atoms with Crippen molar-refractivity contribution in [2.45, 2.75) is 0 Å². The monoisotopic (exact) mass is 580 g/mol. The lowest BCUT2D eigenvalue weighted by atomic mass is 10.1. The van der Waals surface area contributed by atoms with Gasteiger partial charge in [-0.3, -0.25) is 9.20 Å². The third kappa shape index (κ3) is 6.03. The highest BCUT2D eigenvalue weighted by Crippen LogP contribution is 2.30. The van der Waals surface area contributed by atoms with Crippen LogP contribution in [0.5, 0.6) is 5.75 Å². The molecule has 0 saturated carbocycles. The molecule has 0 atom stereocenters. The Morgan fingerprint density at radius 1 is 1.05 bits per heavy atom. The summed E-state index contributed by atoms with van der Waals surface area (Å²) in [6, 6.07) is 9.66. The van der Waals surface area contributed by atoms with Gasteiger partial charge in [0.2, 0.25) is 0 Å². The highest BCUT2D eigenvalue weighted by atomic mass is 35.5. The van der Waals surface area contributed by atoms with Crippen molar-refractivity contribution < 1.29 is 18.7 Å². The van der Waals surface area contributed by atoms with E-state index in [1.807, 2.05) is 7.05 Å². The molecule has 13 heteroatoms. The quantitative estimate of drug-likeness (QED) is 0.273. The summed E-state index contributed by atoms with van der Waals surface area (Å²) in [5, 5.41) is 9.34. The summed E-state index contributed by atoms with van der Waals surface area (Å²) in [7, 11) is 3.24. The van der Waals surface area contributed by atoms with Crippen molar-refractivity contribution in [1.29, 1.82) is 0 Å². The SMILES string of the molecule is CNCCNC(=O)N1CCN(C(=O)c2ccc(Nc3nccn4c(-c5ccc(OC)c(F)c5)cnc34)cc2Cl)CC1. The Kier molecular flexibility index (Phi) is 8.50. The Labute approximate surface area is 241 Å². The van der Waals surface area contributed by atoms with E-state index in [0.717, 1.165) is 0 Å². The van der Waals surface area contributed by atoms with E-state index < -0.39 is 5.82 Å². The topological polar surface area (TPSA) is 116 Å². The molecule has 0 radical (unpaired) electrons. The number of hydrogen-bond donors (Lipinski definition) is 3. The lowest BCUT2D eigenvalue weighted by molar-refractivity contribution is 0.0665. The third-order valence-corrected chi connectivity index (χ3v) is 7.16. The average Bonchev–Trinajstić information content (AvgIpc) is 3.42. The molecule has 0 aliphatic carbocycles. The number of ether oxygens (including phenoxy) is 1. The van der Waals surface area contributed by atoms with Gasteiger partial charge < -0.3 is 30.5 Å². The molecule has 2 aromatic carbocycles. The van der Waals surface area contributed by atoms with E-state index in [2.05, 4.69) is 25.9 Å². The van der Waals surface area contributed by atoms with Gasteiger partial charge in [-0.25, -0.2) is 19.2 Å². The van der Waals surface area contributed by atoms with Gasteiger partial charge in [-0.15, -0.1) is 0 Å². The summed E-state index contributed by atoms with van der Waals surface area (Å²) in [5.41, 5.74) is 2.84. The second-order valence-corrected chi connectivity index (χ2v) is 9.80. The zero-order chi connectivity index (χ0) is 28.9. The van der Waals surface area contributed by atoms with Crippen LogP contribution in [0.3, 0.4) is 0 Å². The Bertz CT molecular complexity index is 1570. The zero-order valence-electron chi connectivity index (χ0n) is 22.7. The molecule has 41 heavy (non-hydrogen) atoms. The molecule has 0 unspecified atom stereocenters. The van der Waals surface area contributed by atoms with E-state index >= 15 is 0 Å². The number of amides is 3. The van der Waals surface area contributed by atoms with E-state index in [1.165, 1.54) is 13.2 Å². The maximum atomic E-state index is 14.3. The standard InChI is InChI=1S/C28H30ClFN8O3/c1-31-7-8-33-28(40)37-13-11-36(12-14-37)27(39)20-5-4-19(16-21(20)29)35-25-26-34-17-23(38(26)10-9-32-25)18-3-6-24(41-2)22(30)15-18/h3-6,9-10,15-17,31H,7-8,11-14H2,1-2H3,(H,32,35)(H,33,40). The molecule has 11 nitrogen and oxygen atoms in total. The van der Waals surface area contributed by atoms with Gasteiger partial charge >= 0.3 is 6.03 Å². The van der Waals surface area contributed by atoms with Crippen LogP contribution in [-0.4, -0.2) is 89.5 Å². The summed E-state index contributed by atoms with van der Waals surface area (Å²) in [4.78, 5) is 37.8. The van der Waals surface area contributed by atoms with E-state index in [0.29, 0.717) is 73.2 Å². The third-order valence-electron chi connectivity index (χ3n) is 6.84. The minimum atomic E-state index is -0.468. The first-order valence-corrected chi connectivity index (χ1v) is 13.5. The minimum absolute atomic E-state index is 0.134. The van der Waals surface area contributed by atoms with Gasteiger partial charge in [0, 0.05) is 62.9 Å². The van der Waals surface area contributed by atoms with Crippen molar-refractivity contribution in [3.8, 4) is 17.0 Å². The number of likely N-dealkylation sites (N-methyl/N-ethyl adjacent to an activating group) is 1. The van der Waals surface area contributed by atoms with Gasteiger partial charge in [0.25, 0.3) is 5.91 Å². The summed E-state index contributed by atoms with van der Waals surface area (Å²) >= 11 is 6.55. The Hall–Kier alpha value is -4.42. The van der Waals surface area contributed by atoms with Crippen LogP contribution in [0.4, 0.5) is 20.7 Å². The van der Waals surface area contributed by atoms with Crippen LogP contribution in [0, 0.1) is 5.82 Å². The maximum absolute atomic E-state index is 14.3. The number of halogens is 2. The minimum Gasteiger partial charge on any atom is -0.494 e. The molecule has 1 saturated heterocycles. The Balaban J connectivity index is 1.27. The highest BCUT2D eigenvalue weighted by Gasteiger charge is 2.26. The molecule has 3 heterocycles. The number of fused-ring (bicyclic) bond motifs is 1. The number of urea groups is 1. The summed E-state index contributed by atoms with van der Waals surface area (Å²) in [6.45, 7) is 2.95. The number of aromatic nitrogens is 3. The fourth-order valence-corrected chi connectivity index (χ4v) is 4.90. The summed E-state index contributed by atoms with van der Waals surface area (Å²) < 4.78 is 21.1. The zero-order valence-corrected chi connectivity index (χ0v) is 23.4. The van der Waals surface area contributed by atoms with Crippen molar-refractivity contribution in [1.82, 2.24) is 34.8 Å². The lowest BCUT2D eigenvalue weighted by Crippen LogP contribution is -2.53. The predicted molar refractivity (Wildman–Crippen MR) is 154 cm³/mol. The van der Waals surface area contributed by atoms with Crippen LogP contribution in [0.15, 0.2) is 55.0 Å². The Morgan fingerprint density at radius 3 is 2.54 bits per heavy atom. The number of carbonyl (C=O) groups excluding carboxylic acids is 2. The van der Waals surface area contributed by atoms with Crippen LogP contribution in [0.2, 0.25) is 5.02 Å². The summed E-state index contributed by atoms with van der Waals surface area (Å²) in [5.74, 6) is -0.0337. The number of rotatable bonds is 8. The van der Waals surface area contributed by atoms with Gasteiger partial charge in [0.1, 0.15) is 0 Å². The van der Waals surface area contributed by atoms with Gasteiger partial charge in [-0.1, -0.05) is 11.6 Å². The van der Waals surface area contributed by atoms with Crippen molar-refractivity contribution >= 4 is 40.7 Å². The molecule has 1 fully saturated rings. The number of nitrogens with one attached hydrogen (secondary N) is 3. The Morgan fingerprint density at radius 2 is 1.83 bits per heavy atom. The van der Waals surface area contributed by atoms with Crippen molar-refractivity contribution in [3.63, 3.8) is 0 Å². The molecular weight excluding hydrogens is 551 g/mol. The molecule has 1 aliphatic rings. The largest absolute Gasteiger partial charge is 0.494 e. The maximum Gasteiger partial charge on any atom is 0.317 e. The second kappa shape index (κ2) is 12.4. The average molecular weight is 581 g/mol. The molecule has 5 rings (SSSR count). The van der Waals surface area contributed by atoms with E-state index in [4.69, 9.17) is 16.3 Å². The molecule has 2 aromatic heterocycles. The molecule has 3 N–H and O–H groups in total. The molecule has 4 aromatic rings. The molecule has 1 aliphatic heterocycles. The smallest absolute Gasteiger partial charge is 0.317 e. The second-order valence-electron chi connectivity index (χ2n) is 9.40. The lowest BCUT2D eigenvalue weighted by Gasteiger charge is -2.35. The fraction of sp³-hybridized carbons (Fsp3) is 0.286. The first kappa shape index (κ1) is 28.1. The number of carbonyl (C=O) groups is 2. The molecule has 0 bridgehead atoms. The van der Waals surface area contributed by atoms with Crippen LogP contribution >= 0.6 is 11.6 Å². The van der Waals surface area contributed by atoms with Crippen LogP contribution in [0.25, 0.3) is 16.9 Å². The summed E-state index contributed by atoms with van der Waals surface area (Å²) in [6.07, 6.45) is 5.00. The first-order chi connectivity index (χ1) is 19.9. The molecular formula is C28H30ClFN8O3. The first-order valence-electron chi connectivity index (χ1n) is 13.1. The van der Waals surface area contributed by atoms with Crippen molar-refractivity contribution in [3.05, 3.63) is 71.4 Å². The van der Waals surface area contributed by atoms with Crippen molar-refractivity contribution in [2.24, 2.45) is 0 Å². The van der Waals surface area contributed by atoms with Crippen LogP contribution in [-0.2, 0) is 0 Å². The molecule has 214 valence electrons. The number of anilines is 2. The van der Waals surface area contributed by atoms with E-state index in [-0.39, 0.29) is 22.7 Å². The fourth-order valence-electron chi connectivity index (χ4n) is 4.64. The van der Waals surface area contributed by atoms with Crippen molar-refractivity contribution in [2.75, 3.05) is 58.7 Å². The van der Waals surface area contributed by atoms with E-state index in [1.54, 1.807) is 63.1 Å². The van der Waals surface area contributed by atoms with Gasteiger partial charge in [-0.05, 0) is 43.4 Å². The van der Waals surface area contributed by atoms with Crippen LogP contribution in [0.1, 0.15) is 10.4 Å². The van der Waals surface area contributed by atoms with Gasteiger partial charge in [0.15, 0.2) is 23.0 Å². The normalized spacial score (nSPS) is 13.4. The van der Waals surface area contributed by atoms with E-state index in [9.17, 15) is 14.0 Å². The number of piperazine rings is 1. The molecule has 3 amide bonds. The number of methoxy groups -OCH3 is 1. The number of hydrogen-bond acceptors (Lipinski definition) is 7.